The second-order valence-corrected chi connectivity index (χ2v) is 7.11. The molecule has 8 heteroatoms. The van der Waals surface area contributed by atoms with Crippen LogP contribution in [0.15, 0.2) is 27.8 Å². The number of benzene rings is 1. The van der Waals surface area contributed by atoms with Crippen LogP contribution in [0.5, 0.6) is 0 Å². The van der Waals surface area contributed by atoms with Gasteiger partial charge < -0.3 is 9.73 Å². The Morgan fingerprint density at radius 3 is 2.62 bits per heavy atom. The van der Waals surface area contributed by atoms with E-state index in [-0.39, 0.29) is 11.7 Å². The van der Waals surface area contributed by atoms with Crippen LogP contribution in [-0.2, 0) is 11.8 Å². The second kappa shape index (κ2) is 7.33. The fourth-order valence-electron chi connectivity index (χ4n) is 2.52. The van der Waals surface area contributed by atoms with Crippen LogP contribution < -0.4 is 5.32 Å². The summed E-state index contributed by atoms with van der Waals surface area (Å²) in [5.74, 6) is 0.498. The molecule has 0 saturated carbocycles. The number of aryl methyl sites for hydroxylation is 4. The summed E-state index contributed by atoms with van der Waals surface area (Å²) < 4.78 is 7.40. The quantitative estimate of drug-likeness (QED) is 0.692. The molecule has 0 bridgehead atoms. The molecule has 1 aromatic carbocycles. The van der Waals surface area contributed by atoms with Crippen LogP contribution in [0.3, 0.4) is 0 Å². The number of thioether (sulfide) groups is 1. The number of anilines is 1. The Morgan fingerprint density at radius 1 is 1.19 bits per heavy atom. The van der Waals surface area contributed by atoms with E-state index in [0.717, 1.165) is 28.2 Å². The SMILES string of the molecule is Cc1ccc(-c2nnc(SCC(=O)Nc3c(C)nn(C)c3C)o2)cc1C. The summed E-state index contributed by atoms with van der Waals surface area (Å²) in [4.78, 5) is 12.2. The van der Waals surface area contributed by atoms with Crippen LogP contribution in [0.25, 0.3) is 11.5 Å². The van der Waals surface area contributed by atoms with Gasteiger partial charge in [-0.25, -0.2) is 0 Å². The summed E-state index contributed by atoms with van der Waals surface area (Å²) in [6.45, 7) is 7.87. The number of hydrogen-bond acceptors (Lipinski definition) is 6. The summed E-state index contributed by atoms with van der Waals surface area (Å²) in [6, 6.07) is 5.98. The number of carbonyl (C=O) groups is 1. The van der Waals surface area contributed by atoms with Crippen molar-refractivity contribution in [2.24, 2.45) is 7.05 Å². The number of nitrogens with zero attached hydrogens (tertiary/aromatic N) is 4. The van der Waals surface area contributed by atoms with Gasteiger partial charge in [-0.3, -0.25) is 9.48 Å². The largest absolute Gasteiger partial charge is 0.411 e. The molecule has 0 saturated heterocycles. The standard InChI is InChI=1S/C18H21N5O2S/c1-10-6-7-14(8-11(10)2)17-20-21-18(25-17)26-9-15(24)19-16-12(3)22-23(5)13(16)4/h6-8H,9H2,1-5H3,(H,19,24). The van der Waals surface area contributed by atoms with E-state index in [1.54, 1.807) is 4.68 Å². The summed E-state index contributed by atoms with van der Waals surface area (Å²) in [5.41, 5.74) is 5.70. The van der Waals surface area contributed by atoms with Crippen molar-refractivity contribution in [1.82, 2.24) is 20.0 Å². The van der Waals surface area contributed by atoms with Crippen molar-refractivity contribution in [2.45, 2.75) is 32.9 Å². The molecule has 7 nitrogen and oxygen atoms in total. The van der Waals surface area contributed by atoms with Gasteiger partial charge in [0.1, 0.15) is 0 Å². The third-order valence-corrected chi connectivity index (χ3v) is 5.08. The predicted octanol–water partition coefficient (Wildman–Crippen LogP) is 3.43. The van der Waals surface area contributed by atoms with Gasteiger partial charge in [-0.1, -0.05) is 17.8 Å². The first-order valence-corrected chi connectivity index (χ1v) is 9.17. The molecule has 2 aromatic heterocycles. The maximum absolute atomic E-state index is 12.2. The third kappa shape index (κ3) is 3.80. The van der Waals surface area contributed by atoms with Crippen molar-refractivity contribution < 1.29 is 9.21 Å². The first kappa shape index (κ1) is 18.2. The maximum Gasteiger partial charge on any atom is 0.277 e. The highest BCUT2D eigenvalue weighted by Gasteiger charge is 2.15. The molecule has 2 heterocycles. The van der Waals surface area contributed by atoms with Crippen molar-refractivity contribution in [3.05, 3.63) is 40.7 Å². The Morgan fingerprint density at radius 2 is 1.96 bits per heavy atom. The third-order valence-electron chi connectivity index (χ3n) is 4.26. The molecule has 3 rings (SSSR count). The molecule has 0 aliphatic rings. The Labute approximate surface area is 156 Å². The average Bonchev–Trinajstić information content (AvgIpc) is 3.16. The van der Waals surface area contributed by atoms with E-state index in [1.807, 2.05) is 46.0 Å². The van der Waals surface area contributed by atoms with Crippen molar-refractivity contribution in [3.63, 3.8) is 0 Å². The zero-order chi connectivity index (χ0) is 18.8. The van der Waals surface area contributed by atoms with Gasteiger partial charge in [0.05, 0.1) is 22.8 Å². The number of hydrogen-bond donors (Lipinski definition) is 1. The molecule has 0 radical (unpaired) electrons. The number of aromatic nitrogens is 4. The summed E-state index contributed by atoms with van der Waals surface area (Å²) in [7, 11) is 1.85. The molecular weight excluding hydrogens is 350 g/mol. The van der Waals surface area contributed by atoms with Crippen LogP contribution in [0.4, 0.5) is 5.69 Å². The van der Waals surface area contributed by atoms with Gasteiger partial charge in [-0.05, 0) is 51.0 Å². The molecule has 0 aliphatic heterocycles. The van der Waals surface area contributed by atoms with Crippen molar-refractivity contribution in [2.75, 3.05) is 11.1 Å². The molecule has 1 amide bonds. The number of nitrogens with one attached hydrogen (secondary N) is 1. The minimum absolute atomic E-state index is 0.139. The Kier molecular flexibility index (Phi) is 5.13. The highest BCUT2D eigenvalue weighted by molar-refractivity contribution is 7.99. The van der Waals surface area contributed by atoms with Crippen LogP contribution in [0.2, 0.25) is 0 Å². The molecule has 0 atom stereocenters. The zero-order valence-corrected chi connectivity index (χ0v) is 16.3. The second-order valence-electron chi connectivity index (χ2n) is 6.18. The minimum atomic E-state index is -0.139. The molecule has 0 spiro atoms. The maximum atomic E-state index is 12.2. The van der Waals surface area contributed by atoms with E-state index in [9.17, 15) is 4.79 Å². The Hall–Kier alpha value is -2.61. The lowest BCUT2D eigenvalue weighted by molar-refractivity contribution is -0.113. The number of carbonyl (C=O) groups excluding carboxylic acids is 1. The fourth-order valence-corrected chi connectivity index (χ4v) is 3.08. The van der Waals surface area contributed by atoms with Crippen LogP contribution >= 0.6 is 11.8 Å². The molecule has 136 valence electrons. The molecule has 0 aliphatic carbocycles. The fraction of sp³-hybridized carbons (Fsp3) is 0.333. The number of rotatable bonds is 5. The average molecular weight is 371 g/mol. The summed E-state index contributed by atoms with van der Waals surface area (Å²) in [5, 5.41) is 15.6. The molecule has 0 unspecified atom stereocenters. The molecule has 0 fully saturated rings. The lowest BCUT2D eigenvalue weighted by atomic mass is 10.1. The molecule has 1 N–H and O–H groups in total. The van der Waals surface area contributed by atoms with Crippen LogP contribution in [0, 0.1) is 27.7 Å². The summed E-state index contributed by atoms with van der Waals surface area (Å²) in [6.07, 6.45) is 0. The van der Waals surface area contributed by atoms with E-state index < -0.39 is 0 Å². The molecule has 3 aromatic rings. The van der Waals surface area contributed by atoms with Crippen molar-refractivity contribution >= 4 is 23.4 Å². The first-order chi connectivity index (χ1) is 12.3. The highest BCUT2D eigenvalue weighted by atomic mass is 32.2. The Bertz CT molecular complexity index is 961. The van der Waals surface area contributed by atoms with Gasteiger partial charge in [0, 0.05) is 12.6 Å². The molecule has 26 heavy (non-hydrogen) atoms. The normalized spacial score (nSPS) is 11.0. The van der Waals surface area contributed by atoms with Crippen molar-refractivity contribution in [3.8, 4) is 11.5 Å². The van der Waals surface area contributed by atoms with E-state index in [0.29, 0.717) is 11.1 Å². The van der Waals surface area contributed by atoms with Crippen LogP contribution in [-0.4, -0.2) is 31.6 Å². The zero-order valence-electron chi connectivity index (χ0n) is 15.5. The van der Waals surface area contributed by atoms with Gasteiger partial charge in [0.25, 0.3) is 5.22 Å². The summed E-state index contributed by atoms with van der Waals surface area (Å²) >= 11 is 1.21. The van der Waals surface area contributed by atoms with Crippen molar-refractivity contribution in [1.29, 1.82) is 0 Å². The van der Waals surface area contributed by atoms with Gasteiger partial charge in [-0.15, -0.1) is 10.2 Å². The lowest BCUT2D eigenvalue weighted by Crippen LogP contribution is -2.15. The monoisotopic (exact) mass is 371 g/mol. The van der Waals surface area contributed by atoms with Gasteiger partial charge in [-0.2, -0.15) is 5.10 Å². The predicted molar refractivity (Wildman–Crippen MR) is 101 cm³/mol. The lowest BCUT2D eigenvalue weighted by Gasteiger charge is -2.04. The Balaban J connectivity index is 1.62. The van der Waals surface area contributed by atoms with E-state index in [4.69, 9.17) is 4.42 Å². The van der Waals surface area contributed by atoms with Gasteiger partial charge in [0.15, 0.2) is 0 Å². The van der Waals surface area contributed by atoms with E-state index in [2.05, 4.69) is 27.5 Å². The van der Waals surface area contributed by atoms with Crippen LogP contribution in [0.1, 0.15) is 22.5 Å². The highest BCUT2D eigenvalue weighted by Crippen LogP contribution is 2.25. The first-order valence-electron chi connectivity index (χ1n) is 8.19. The topological polar surface area (TPSA) is 85.8 Å². The minimum Gasteiger partial charge on any atom is -0.411 e. The van der Waals surface area contributed by atoms with E-state index >= 15 is 0 Å². The van der Waals surface area contributed by atoms with E-state index in [1.165, 1.54) is 17.3 Å². The van der Waals surface area contributed by atoms with Gasteiger partial charge in [0.2, 0.25) is 11.8 Å². The molecular formula is C18H21N5O2S. The smallest absolute Gasteiger partial charge is 0.277 e. The van der Waals surface area contributed by atoms with Gasteiger partial charge >= 0.3 is 0 Å². The number of amides is 1.